The topological polar surface area (TPSA) is 40.6 Å². The molecule has 3 rings (SSSR count). The van der Waals surface area contributed by atoms with E-state index in [2.05, 4.69) is 64.3 Å². The predicted molar refractivity (Wildman–Crippen MR) is 119 cm³/mol. The van der Waals surface area contributed by atoms with Gasteiger partial charge in [0.2, 0.25) is 0 Å². The number of carbonyl (C=O) groups is 2. The van der Waals surface area contributed by atoms with E-state index in [1.165, 1.54) is 21.7 Å². The first kappa shape index (κ1) is 20.5. The monoisotopic (exact) mass is 396 g/mol. The quantitative estimate of drug-likeness (QED) is 0.478. The Morgan fingerprint density at radius 1 is 1.21 bits per heavy atom. The van der Waals surface area contributed by atoms with Gasteiger partial charge in [-0.15, -0.1) is 6.58 Å². The number of hydrogen-bond donors (Lipinski definition) is 0. The number of nitrogens with zero attached hydrogens (tertiary/aromatic N) is 2. The van der Waals surface area contributed by atoms with Gasteiger partial charge in [0.15, 0.2) is 0 Å². The summed E-state index contributed by atoms with van der Waals surface area (Å²) in [6.45, 7) is 15.7. The first-order valence-electron chi connectivity index (χ1n) is 9.68. The Kier molecular flexibility index (Phi) is 5.57. The number of aryl methyl sites for hydroxylation is 1. The highest BCUT2D eigenvalue weighted by atomic mass is 32.2. The molecule has 0 spiro atoms. The van der Waals surface area contributed by atoms with Crippen molar-refractivity contribution >= 4 is 40.2 Å². The smallest absolute Gasteiger partial charge is 0.293 e. The summed E-state index contributed by atoms with van der Waals surface area (Å²) in [4.78, 5) is 28.8. The van der Waals surface area contributed by atoms with Gasteiger partial charge >= 0.3 is 0 Å². The molecular weight excluding hydrogens is 368 g/mol. The number of amides is 2. The number of allylic oxidation sites excluding steroid dienone is 1. The molecule has 1 aromatic carbocycles. The zero-order chi connectivity index (χ0) is 20.6. The fraction of sp³-hybridized carbons (Fsp3) is 0.391. The second kappa shape index (κ2) is 7.63. The van der Waals surface area contributed by atoms with Gasteiger partial charge in [-0.25, -0.2) is 0 Å². The minimum Gasteiger partial charge on any atom is -0.362 e. The molecule has 28 heavy (non-hydrogen) atoms. The number of anilines is 1. The molecule has 0 unspecified atom stereocenters. The number of imide groups is 1. The van der Waals surface area contributed by atoms with Crippen LogP contribution in [-0.2, 0) is 4.79 Å². The van der Waals surface area contributed by atoms with E-state index in [9.17, 15) is 9.59 Å². The van der Waals surface area contributed by atoms with Gasteiger partial charge in [-0.05, 0) is 80.8 Å². The van der Waals surface area contributed by atoms with Gasteiger partial charge in [0, 0.05) is 24.3 Å². The maximum Gasteiger partial charge on any atom is 0.293 e. The van der Waals surface area contributed by atoms with Crippen LogP contribution in [0.4, 0.5) is 10.5 Å². The van der Waals surface area contributed by atoms with Crippen LogP contribution in [0, 0.1) is 6.92 Å². The SMILES string of the molecule is C=CCN1C(=O)S/C(=C/c2cc3c(cc2C)N(CCC)C(C)(C)C=C3C)C1=O. The van der Waals surface area contributed by atoms with Gasteiger partial charge in [-0.3, -0.25) is 14.5 Å². The Bertz CT molecular complexity index is 911. The molecule has 0 bridgehead atoms. The van der Waals surface area contributed by atoms with Gasteiger partial charge in [0.25, 0.3) is 11.1 Å². The number of hydrogen-bond acceptors (Lipinski definition) is 4. The second-order valence-electron chi connectivity index (χ2n) is 7.94. The van der Waals surface area contributed by atoms with Crippen LogP contribution in [0.25, 0.3) is 11.6 Å². The minimum absolute atomic E-state index is 0.0333. The summed E-state index contributed by atoms with van der Waals surface area (Å²) in [5.41, 5.74) is 5.71. The molecule has 2 heterocycles. The summed E-state index contributed by atoms with van der Waals surface area (Å²) in [5, 5.41) is -0.237. The Balaban J connectivity index is 2.05. The molecule has 1 fully saturated rings. The number of benzene rings is 1. The third-order valence-corrected chi connectivity index (χ3v) is 6.19. The van der Waals surface area contributed by atoms with E-state index < -0.39 is 0 Å². The van der Waals surface area contributed by atoms with Crippen molar-refractivity contribution in [2.45, 2.75) is 46.6 Å². The zero-order valence-electron chi connectivity index (χ0n) is 17.3. The van der Waals surface area contributed by atoms with Crippen LogP contribution in [-0.4, -0.2) is 34.7 Å². The van der Waals surface area contributed by atoms with Gasteiger partial charge < -0.3 is 4.90 Å². The molecule has 1 aromatic rings. The highest BCUT2D eigenvalue weighted by Gasteiger charge is 2.35. The van der Waals surface area contributed by atoms with Crippen molar-refractivity contribution in [3.63, 3.8) is 0 Å². The first-order chi connectivity index (χ1) is 13.2. The van der Waals surface area contributed by atoms with Crippen molar-refractivity contribution < 1.29 is 9.59 Å². The van der Waals surface area contributed by atoms with Crippen LogP contribution < -0.4 is 4.90 Å². The highest BCUT2D eigenvalue weighted by Crippen LogP contribution is 2.41. The second-order valence-corrected chi connectivity index (χ2v) is 8.93. The molecular formula is C23H28N2O2S. The molecule has 0 atom stereocenters. The average Bonchev–Trinajstić information content (AvgIpc) is 2.87. The third-order valence-electron chi connectivity index (χ3n) is 5.28. The van der Waals surface area contributed by atoms with E-state index in [-0.39, 0.29) is 23.2 Å². The molecule has 5 heteroatoms. The molecule has 2 amide bonds. The minimum atomic E-state index is -0.243. The van der Waals surface area contributed by atoms with Crippen LogP contribution in [0.1, 0.15) is 50.8 Å². The van der Waals surface area contributed by atoms with Crippen molar-refractivity contribution in [2.75, 3.05) is 18.0 Å². The lowest BCUT2D eigenvalue weighted by Crippen LogP contribution is -2.45. The van der Waals surface area contributed by atoms with Crippen LogP contribution in [0.15, 0.2) is 35.8 Å². The maximum atomic E-state index is 12.5. The largest absolute Gasteiger partial charge is 0.362 e. The van der Waals surface area contributed by atoms with Crippen molar-refractivity contribution in [3.05, 3.63) is 52.5 Å². The Morgan fingerprint density at radius 2 is 1.93 bits per heavy atom. The fourth-order valence-corrected chi connectivity index (χ4v) is 4.80. The highest BCUT2D eigenvalue weighted by molar-refractivity contribution is 8.18. The molecule has 0 radical (unpaired) electrons. The lowest BCUT2D eigenvalue weighted by Gasteiger charge is -2.43. The summed E-state index contributed by atoms with van der Waals surface area (Å²) in [7, 11) is 0. The Hall–Kier alpha value is -2.27. The number of rotatable bonds is 5. The van der Waals surface area contributed by atoms with Gasteiger partial charge in [0.1, 0.15) is 0 Å². The molecule has 1 saturated heterocycles. The lowest BCUT2D eigenvalue weighted by atomic mass is 9.86. The van der Waals surface area contributed by atoms with Gasteiger partial charge in [-0.1, -0.05) is 19.1 Å². The summed E-state index contributed by atoms with van der Waals surface area (Å²) in [6.07, 6.45) is 6.80. The van der Waals surface area contributed by atoms with E-state index in [1.54, 1.807) is 6.08 Å². The van der Waals surface area contributed by atoms with E-state index >= 15 is 0 Å². The zero-order valence-corrected chi connectivity index (χ0v) is 18.2. The predicted octanol–water partition coefficient (Wildman–Crippen LogP) is 5.63. The normalized spacial score (nSPS) is 19.9. The molecule has 2 aliphatic heterocycles. The van der Waals surface area contributed by atoms with Crippen molar-refractivity contribution in [1.82, 2.24) is 4.90 Å². The van der Waals surface area contributed by atoms with E-state index in [0.717, 1.165) is 35.9 Å². The molecule has 0 aliphatic carbocycles. The van der Waals surface area contributed by atoms with E-state index in [4.69, 9.17) is 0 Å². The molecule has 0 aromatic heterocycles. The molecule has 148 valence electrons. The first-order valence-corrected chi connectivity index (χ1v) is 10.5. The number of thioether (sulfide) groups is 1. The average molecular weight is 397 g/mol. The van der Waals surface area contributed by atoms with E-state index in [1.807, 2.05) is 6.08 Å². The van der Waals surface area contributed by atoms with Crippen molar-refractivity contribution in [3.8, 4) is 0 Å². The molecule has 2 aliphatic rings. The van der Waals surface area contributed by atoms with Crippen molar-refractivity contribution in [1.29, 1.82) is 0 Å². The summed E-state index contributed by atoms with van der Waals surface area (Å²) in [5.74, 6) is -0.243. The number of carbonyl (C=O) groups excluding carboxylic acids is 2. The van der Waals surface area contributed by atoms with Gasteiger partial charge in [0.05, 0.1) is 10.4 Å². The summed E-state index contributed by atoms with van der Waals surface area (Å²) < 4.78 is 0. The summed E-state index contributed by atoms with van der Waals surface area (Å²) >= 11 is 0.998. The molecule has 0 saturated carbocycles. The molecule has 0 N–H and O–H groups in total. The van der Waals surface area contributed by atoms with Crippen LogP contribution in [0.5, 0.6) is 0 Å². The van der Waals surface area contributed by atoms with Crippen LogP contribution in [0.3, 0.4) is 0 Å². The molecule has 4 nitrogen and oxygen atoms in total. The fourth-order valence-electron chi connectivity index (χ4n) is 3.96. The van der Waals surface area contributed by atoms with Crippen LogP contribution in [0.2, 0.25) is 0 Å². The maximum absolute atomic E-state index is 12.5. The summed E-state index contributed by atoms with van der Waals surface area (Å²) in [6, 6.07) is 4.36. The van der Waals surface area contributed by atoms with Gasteiger partial charge in [-0.2, -0.15) is 0 Å². The lowest BCUT2D eigenvalue weighted by molar-refractivity contribution is -0.122. The van der Waals surface area contributed by atoms with Crippen LogP contribution >= 0.6 is 11.8 Å². The third kappa shape index (κ3) is 3.55. The van der Waals surface area contributed by atoms with Crippen molar-refractivity contribution in [2.24, 2.45) is 0 Å². The number of fused-ring (bicyclic) bond motifs is 1. The van der Waals surface area contributed by atoms with E-state index in [0.29, 0.717) is 4.91 Å². The Morgan fingerprint density at radius 3 is 2.57 bits per heavy atom. The standard InChI is InChI=1S/C23H28N2O2S/c1-7-9-24-21(26)20(28-22(24)27)13-17-12-18-16(4)14-23(5,6)25(10-8-2)19(18)11-15(17)3/h7,11-14H,1,8-10H2,2-6H3/b20-13+. The Labute approximate surface area is 172 Å².